The van der Waals surface area contributed by atoms with Crippen LogP contribution >= 0.6 is 0 Å². The molecule has 0 amide bonds. The quantitative estimate of drug-likeness (QED) is 0.0655. The van der Waals surface area contributed by atoms with Crippen LogP contribution in [0.2, 0.25) is 0 Å². The van der Waals surface area contributed by atoms with Crippen LogP contribution in [0.25, 0.3) is 0 Å². The number of esters is 1. The number of unbranched alkanes of at least 4 members (excludes halogenated alkanes) is 1. The number of ether oxygens (including phenoxy) is 2. The summed E-state index contributed by atoms with van der Waals surface area (Å²) in [6.45, 7) is 4.17. The molecule has 5 N–H and O–H groups in total. The molecule has 1 aromatic rings. The Kier molecular flexibility index (Phi) is 12.9. The number of benzene rings is 1. The average Bonchev–Trinajstić information content (AvgIpc) is 3.56. The van der Waals surface area contributed by atoms with E-state index >= 15 is 4.39 Å². The summed E-state index contributed by atoms with van der Waals surface area (Å²) in [6, 6.07) is 4.30. The number of ketones is 2. The lowest BCUT2D eigenvalue weighted by atomic mass is 9.44. The largest absolute Gasteiger partial charge is 0.491 e. The van der Waals surface area contributed by atoms with Gasteiger partial charge in [-0.25, -0.2) is 4.39 Å². The molecule has 6 rings (SSSR count). The van der Waals surface area contributed by atoms with Crippen molar-refractivity contribution in [2.75, 3.05) is 13.2 Å². The number of alkyl halides is 4. The second kappa shape index (κ2) is 17.0. The predicted octanol–water partition coefficient (Wildman–Crippen LogP) is 5.94. The Labute approximate surface area is 341 Å². The van der Waals surface area contributed by atoms with Crippen molar-refractivity contribution in [2.45, 2.75) is 120 Å². The number of allylic oxidation sites excluding steroid dienone is 6. The number of aliphatic hydroxyl groups is 5. The number of hydrogen-bond donors (Lipinski definition) is 5. The molecule has 4 fully saturated rings. The van der Waals surface area contributed by atoms with Gasteiger partial charge in [0, 0.05) is 35.5 Å². The highest BCUT2D eigenvalue weighted by atomic mass is 19.4. The maximum atomic E-state index is 17.4. The lowest BCUT2D eigenvalue weighted by Crippen LogP contribution is -2.69. The molecule has 1 aromatic carbocycles. The van der Waals surface area contributed by atoms with Gasteiger partial charge in [0.25, 0.3) is 0 Å². The molecule has 0 aliphatic heterocycles. The maximum absolute atomic E-state index is 17.4. The lowest BCUT2D eigenvalue weighted by Gasteiger charge is -2.62. The van der Waals surface area contributed by atoms with Crippen molar-refractivity contribution in [3.63, 3.8) is 0 Å². The van der Waals surface area contributed by atoms with Crippen molar-refractivity contribution in [3.8, 4) is 5.75 Å². The first kappa shape index (κ1) is 44.9. The predicted molar refractivity (Wildman–Crippen MR) is 207 cm³/mol. The molecular weight excluding hydrogens is 776 g/mol. The minimum Gasteiger partial charge on any atom is -0.491 e. The van der Waals surface area contributed by atoms with Crippen LogP contribution in [0.3, 0.4) is 0 Å². The summed E-state index contributed by atoms with van der Waals surface area (Å²) in [4.78, 5) is 38.6. The van der Waals surface area contributed by atoms with Crippen molar-refractivity contribution >= 4 is 17.5 Å². The second-order valence-electron chi connectivity index (χ2n) is 17.8. The van der Waals surface area contributed by atoms with E-state index in [9.17, 15) is 53.1 Å². The number of carbonyl (C=O) groups is 3. The minimum absolute atomic E-state index is 0.0162. The Morgan fingerprint density at radius 2 is 1.81 bits per heavy atom. The van der Waals surface area contributed by atoms with Crippen LogP contribution in [0.4, 0.5) is 17.6 Å². The third-order valence-electron chi connectivity index (χ3n) is 14.4. The van der Waals surface area contributed by atoms with E-state index in [0.29, 0.717) is 44.1 Å². The Hall–Kier alpha value is -3.69. The van der Waals surface area contributed by atoms with Crippen LogP contribution in [0.5, 0.6) is 5.75 Å². The molecule has 324 valence electrons. The summed E-state index contributed by atoms with van der Waals surface area (Å²) >= 11 is 0. The van der Waals surface area contributed by atoms with E-state index in [1.165, 1.54) is 30.4 Å². The zero-order valence-electron chi connectivity index (χ0n) is 33.6. The van der Waals surface area contributed by atoms with E-state index in [-0.39, 0.29) is 43.3 Å². The number of aliphatic hydroxyl groups excluding tert-OH is 4. The molecule has 0 aromatic heterocycles. The first-order valence-corrected chi connectivity index (χ1v) is 20.6. The van der Waals surface area contributed by atoms with Gasteiger partial charge in [0.15, 0.2) is 18.1 Å². The fraction of sp³-hybridized carbons (Fsp3) is 0.622. The van der Waals surface area contributed by atoms with E-state index in [1.54, 1.807) is 32.9 Å². The highest BCUT2D eigenvalue weighted by Crippen LogP contribution is 2.70. The summed E-state index contributed by atoms with van der Waals surface area (Å²) in [5.74, 6) is -4.21. The van der Waals surface area contributed by atoms with Gasteiger partial charge in [0.2, 0.25) is 5.78 Å². The Morgan fingerprint density at radius 1 is 1.07 bits per heavy atom. The summed E-state index contributed by atoms with van der Waals surface area (Å²) in [7, 11) is 0. The van der Waals surface area contributed by atoms with Crippen molar-refractivity contribution in [2.24, 2.45) is 40.4 Å². The summed E-state index contributed by atoms with van der Waals surface area (Å²) < 4.78 is 67.0. The molecular formula is C45H56F4O10. The number of hydrogen-bond acceptors (Lipinski definition) is 10. The molecule has 0 radical (unpaired) electrons. The van der Waals surface area contributed by atoms with Crippen molar-refractivity contribution in [3.05, 3.63) is 77.9 Å². The molecule has 0 unspecified atom stereocenters. The van der Waals surface area contributed by atoms with Crippen LogP contribution in [0, 0.1) is 40.4 Å². The zero-order chi connectivity index (χ0) is 43.1. The number of halogens is 4. The second-order valence-corrected chi connectivity index (χ2v) is 17.8. The highest BCUT2D eigenvalue weighted by Gasteiger charge is 2.75. The van der Waals surface area contributed by atoms with Gasteiger partial charge in [-0.05, 0) is 100.0 Å². The molecule has 5 aliphatic rings. The number of Topliss-reactive ketones (excluding diaryl/α,β-unsaturated/α-hetero) is 1. The summed E-state index contributed by atoms with van der Waals surface area (Å²) in [5.41, 5.74) is -6.70. The van der Waals surface area contributed by atoms with Crippen molar-refractivity contribution in [1.29, 1.82) is 0 Å². The molecule has 0 bridgehead atoms. The van der Waals surface area contributed by atoms with Crippen LogP contribution in [0.1, 0.15) is 84.1 Å². The molecule has 59 heavy (non-hydrogen) atoms. The average molecular weight is 833 g/mol. The van der Waals surface area contributed by atoms with Gasteiger partial charge in [-0.1, -0.05) is 55.9 Å². The molecule has 0 heterocycles. The standard InChI is InChI=1S/C45H56F4O10/c1-26-19-35-34-16-13-27-20-29(50)17-18-41(27,2)43(34,46)38(54)23-42(35,3)44(26,57)39(55)25-59-40(56)12-7-5-4-6-11-32-33(37(53)22-36(32)52)15-14-30(51)24-58-31-10-8-9-28(21-31)45(47,48)49/h4,6,8-10,14-15,17-18,20-21,26,30,32-38,51-54,57H,5,7,11-13,16,19,22-25H2,1-3H3/b6-4-,15-14+/t26-,30-,32-,33-,34+,35+,36+,37-,38+,41+,42+,43+,44+/m1/s1. The molecule has 14 heteroatoms. The van der Waals surface area contributed by atoms with E-state index in [0.717, 1.165) is 12.1 Å². The number of carbonyl (C=O) groups excluding carboxylic acids is 3. The summed E-state index contributed by atoms with van der Waals surface area (Å²) in [6.07, 6.45) is 4.32. The number of rotatable bonds is 14. The van der Waals surface area contributed by atoms with Gasteiger partial charge in [0.1, 0.15) is 24.1 Å². The molecule has 5 aliphatic carbocycles. The van der Waals surface area contributed by atoms with Crippen LogP contribution in [-0.2, 0) is 25.3 Å². The van der Waals surface area contributed by atoms with E-state index in [1.807, 2.05) is 12.2 Å². The third kappa shape index (κ3) is 8.24. The van der Waals surface area contributed by atoms with Gasteiger partial charge in [-0.3, -0.25) is 14.4 Å². The SMILES string of the molecule is C[C@@H]1C[C@H]2[C@@H]3CCC4=CC(=O)C=C[C@]4(C)[C@@]3(F)[C@@H](O)C[C@]2(C)[C@@]1(O)C(=O)COC(=O)CCC/C=C\C[C@@H]1[C@@H](/C=C/[C@@H](O)COc2cccc(C(F)(F)F)c2)[C@H](O)C[C@@H]1O. The van der Waals surface area contributed by atoms with Crippen molar-refractivity contribution in [1.82, 2.24) is 0 Å². The Bertz CT molecular complexity index is 1880. The van der Waals surface area contributed by atoms with Gasteiger partial charge < -0.3 is 35.0 Å². The monoisotopic (exact) mass is 832 g/mol. The fourth-order valence-corrected chi connectivity index (χ4v) is 11.2. The first-order valence-electron chi connectivity index (χ1n) is 20.6. The zero-order valence-corrected chi connectivity index (χ0v) is 33.6. The molecule has 0 spiro atoms. The Balaban J connectivity index is 0.960. The van der Waals surface area contributed by atoms with E-state index < -0.39 is 100 Å². The van der Waals surface area contributed by atoms with Crippen LogP contribution < -0.4 is 4.74 Å². The lowest BCUT2D eigenvalue weighted by molar-refractivity contribution is -0.220. The van der Waals surface area contributed by atoms with E-state index in [4.69, 9.17) is 9.47 Å². The molecule has 10 nitrogen and oxygen atoms in total. The van der Waals surface area contributed by atoms with Crippen LogP contribution in [-0.4, -0.2) is 92.0 Å². The third-order valence-corrected chi connectivity index (χ3v) is 14.4. The minimum atomic E-state index is -4.54. The normalized spacial score (nSPS) is 38.5. The molecule has 13 atom stereocenters. The topological polar surface area (TPSA) is 171 Å². The number of fused-ring (bicyclic) bond motifs is 5. The van der Waals surface area contributed by atoms with Crippen LogP contribution in [0.15, 0.2) is 72.4 Å². The molecule has 0 saturated heterocycles. The maximum Gasteiger partial charge on any atom is 0.416 e. The van der Waals surface area contributed by atoms with E-state index in [2.05, 4.69) is 0 Å². The van der Waals surface area contributed by atoms with Gasteiger partial charge >= 0.3 is 12.1 Å². The summed E-state index contributed by atoms with van der Waals surface area (Å²) in [5, 5.41) is 55.2. The van der Waals surface area contributed by atoms with Gasteiger partial charge in [-0.15, -0.1) is 0 Å². The van der Waals surface area contributed by atoms with Gasteiger partial charge in [-0.2, -0.15) is 13.2 Å². The first-order chi connectivity index (χ1) is 27.7. The van der Waals surface area contributed by atoms with Gasteiger partial charge in [0.05, 0.1) is 23.9 Å². The molecule has 4 saturated carbocycles. The van der Waals surface area contributed by atoms with Crippen molar-refractivity contribution < 1.29 is 67.0 Å². The fourth-order valence-electron chi connectivity index (χ4n) is 11.2. The Morgan fingerprint density at radius 3 is 2.54 bits per heavy atom. The highest BCUT2D eigenvalue weighted by molar-refractivity contribution is 6.01. The smallest absolute Gasteiger partial charge is 0.416 e.